The van der Waals surface area contributed by atoms with Gasteiger partial charge in [-0.15, -0.1) is 13.2 Å². The first-order valence-electron chi connectivity index (χ1n) is 13.3. The van der Waals surface area contributed by atoms with Crippen LogP contribution in [0.25, 0.3) is 0 Å². The molecule has 0 saturated heterocycles. The van der Waals surface area contributed by atoms with Gasteiger partial charge < -0.3 is 0 Å². The fourth-order valence-corrected chi connectivity index (χ4v) is 4.26. The van der Waals surface area contributed by atoms with Crippen LogP contribution in [-0.2, 0) is 29.1 Å². The number of unbranched alkanes of at least 4 members (excludes halogenated alkanes) is 11. The highest BCUT2D eigenvalue weighted by Gasteiger charge is 2.15. The number of rotatable bonds is 23. The summed E-state index contributed by atoms with van der Waals surface area (Å²) in [5.74, 6) is 0. The van der Waals surface area contributed by atoms with E-state index in [1.165, 1.54) is 18.8 Å². The Hall–Kier alpha value is -2.25. The number of allylic oxidation sites excluding steroid dienone is 2. The second kappa shape index (κ2) is 19.9. The van der Waals surface area contributed by atoms with Gasteiger partial charge >= 0.3 is 17.1 Å². The molecule has 0 bridgehead atoms. The molecule has 1 amide bonds. The Balaban J connectivity index is 2.87. The van der Waals surface area contributed by atoms with Crippen molar-refractivity contribution in [1.29, 1.82) is 0 Å². The van der Waals surface area contributed by atoms with Crippen molar-refractivity contribution < 1.29 is 9.42 Å². The van der Waals surface area contributed by atoms with E-state index in [1.807, 2.05) is 21.6 Å². The lowest BCUT2D eigenvalue weighted by Crippen LogP contribution is -2.54. The Morgan fingerprint density at radius 3 is 1.33 bits per heavy atom. The Bertz CT molecular complexity index is 895. The van der Waals surface area contributed by atoms with Crippen molar-refractivity contribution in [3.8, 4) is 0 Å². The molecule has 10 heteroatoms. The summed E-state index contributed by atoms with van der Waals surface area (Å²) in [5, 5.41) is 1.19. The predicted molar refractivity (Wildman–Crippen MR) is 148 cm³/mol. The summed E-state index contributed by atoms with van der Waals surface area (Å²) >= 11 is 0. The predicted octanol–water partition coefficient (Wildman–Crippen LogP) is 4.19. The molecule has 0 aliphatic carbocycles. The second-order valence-electron chi connectivity index (χ2n) is 9.05. The molecule has 0 saturated carbocycles. The van der Waals surface area contributed by atoms with Crippen LogP contribution in [-0.4, -0.2) is 31.7 Å². The number of nitrogens with zero attached hydrogens (tertiary/aromatic N) is 4. The fourth-order valence-electron chi connectivity index (χ4n) is 4.10. The lowest BCUT2D eigenvalue weighted by Gasteiger charge is -2.15. The molecule has 204 valence electrons. The Labute approximate surface area is 217 Å². The highest BCUT2D eigenvalue weighted by Crippen LogP contribution is 2.06. The number of carbonyl (C=O) groups excluding carboxylic acids is 1. The summed E-state index contributed by atoms with van der Waals surface area (Å²) in [7, 11) is 2.04. The van der Waals surface area contributed by atoms with Gasteiger partial charge in [-0.3, -0.25) is 9.42 Å². The zero-order chi connectivity index (χ0) is 26.6. The molecule has 0 aromatic carbocycles. The first-order valence-corrected chi connectivity index (χ1v) is 13.7. The Morgan fingerprint density at radius 1 is 0.639 bits per heavy atom. The van der Waals surface area contributed by atoms with Crippen LogP contribution >= 0.6 is 9.47 Å². The third-order valence-corrected chi connectivity index (χ3v) is 6.50. The lowest BCUT2D eigenvalue weighted by molar-refractivity contribution is -0.139. The summed E-state index contributed by atoms with van der Waals surface area (Å²) in [5.41, 5.74) is -1.52. The van der Waals surface area contributed by atoms with Crippen molar-refractivity contribution in [2.24, 2.45) is 0 Å². The zero-order valence-corrected chi connectivity index (χ0v) is 22.9. The molecule has 0 spiro atoms. The van der Waals surface area contributed by atoms with Gasteiger partial charge in [0.25, 0.3) is 0 Å². The van der Waals surface area contributed by atoms with Crippen LogP contribution in [0.5, 0.6) is 0 Å². The first kappa shape index (κ1) is 31.8. The quantitative estimate of drug-likeness (QED) is 0.0704. The molecule has 0 aliphatic heterocycles. The third-order valence-electron chi connectivity index (χ3n) is 6.23. The van der Waals surface area contributed by atoms with Crippen molar-refractivity contribution in [3.05, 3.63) is 56.8 Å². The van der Waals surface area contributed by atoms with Gasteiger partial charge in [0.2, 0.25) is 6.41 Å². The summed E-state index contributed by atoms with van der Waals surface area (Å²) < 4.78 is 8.52. The van der Waals surface area contributed by atoms with E-state index >= 15 is 0 Å². The highest BCUT2D eigenvalue weighted by molar-refractivity contribution is 7.09. The molecule has 0 fully saturated rings. The van der Waals surface area contributed by atoms with E-state index in [4.69, 9.17) is 4.62 Å². The molecule has 9 nitrogen and oxygen atoms in total. The smallest absolute Gasteiger partial charge is 0.276 e. The van der Waals surface area contributed by atoms with Crippen LogP contribution in [0.15, 0.2) is 39.7 Å². The highest BCUT2D eigenvalue weighted by atomic mass is 31.0. The maximum atomic E-state index is 13.1. The average molecular weight is 525 g/mol. The third kappa shape index (κ3) is 11.7. The molecule has 1 rings (SSSR count). The summed E-state index contributed by atoms with van der Waals surface area (Å²) in [4.78, 5) is 50.0. The topological polar surface area (TPSA) is 95.5 Å². The van der Waals surface area contributed by atoms with Crippen LogP contribution in [0, 0.1) is 0 Å². The Morgan fingerprint density at radius 2 is 1.00 bits per heavy atom. The summed E-state index contributed by atoms with van der Waals surface area (Å²) in [6, 6.07) is 0. The van der Waals surface area contributed by atoms with Crippen LogP contribution in [0.1, 0.15) is 89.9 Å². The van der Waals surface area contributed by atoms with Crippen molar-refractivity contribution in [2.45, 2.75) is 110 Å². The standard InChI is InChI=1S/C26H45N4O5P/c1-3-5-7-9-11-16-20-28-24(32)29(21-17-12-10-8-6-4-2)26(34)30(25(28)33)22-18-14-13-15-19-27(23-31)35-36/h3-4,23H,1-2,5-22,36H2. The van der Waals surface area contributed by atoms with Crippen molar-refractivity contribution >= 4 is 15.9 Å². The van der Waals surface area contributed by atoms with Crippen LogP contribution in [0.3, 0.4) is 0 Å². The van der Waals surface area contributed by atoms with Gasteiger partial charge in [0.05, 0.1) is 0 Å². The second-order valence-corrected chi connectivity index (χ2v) is 9.26. The molecule has 0 radical (unpaired) electrons. The molecule has 1 unspecified atom stereocenters. The van der Waals surface area contributed by atoms with Gasteiger partial charge in [-0.05, 0) is 51.4 Å². The number of carbonyl (C=O) groups is 1. The summed E-state index contributed by atoms with van der Waals surface area (Å²) in [6.07, 6.45) is 16.7. The van der Waals surface area contributed by atoms with Gasteiger partial charge in [0.1, 0.15) is 0 Å². The van der Waals surface area contributed by atoms with E-state index in [0.29, 0.717) is 32.5 Å². The monoisotopic (exact) mass is 524 g/mol. The Kier molecular flexibility index (Phi) is 17.6. The SMILES string of the molecule is C=CCCCCCCn1c(=O)n(CCCCCCC=C)c(=O)n(CCCCCCN(C=O)OP)c1=O. The molecule has 0 N–H and O–H groups in total. The van der Waals surface area contributed by atoms with Crippen LogP contribution in [0.2, 0.25) is 0 Å². The van der Waals surface area contributed by atoms with E-state index in [1.54, 1.807) is 0 Å². The van der Waals surface area contributed by atoms with Gasteiger partial charge in [-0.1, -0.05) is 50.7 Å². The number of hydroxylamine groups is 2. The first-order chi connectivity index (χ1) is 17.5. The number of hydrogen-bond acceptors (Lipinski definition) is 5. The molecular weight excluding hydrogens is 479 g/mol. The van der Waals surface area contributed by atoms with Gasteiger partial charge in [0.15, 0.2) is 0 Å². The molecule has 0 aliphatic rings. The minimum Gasteiger partial charge on any atom is -0.276 e. The molecule has 1 aromatic rings. The molecular formula is C26H45N4O5P. The van der Waals surface area contributed by atoms with E-state index < -0.39 is 17.1 Å². The van der Waals surface area contributed by atoms with Crippen LogP contribution < -0.4 is 17.1 Å². The van der Waals surface area contributed by atoms with E-state index in [-0.39, 0.29) is 6.54 Å². The largest absolute Gasteiger partial charge is 0.336 e. The number of hydrogen-bond donors (Lipinski definition) is 0. The van der Waals surface area contributed by atoms with Gasteiger partial charge in [-0.25, -0.2) is 33.1 Å². The fraction of sp³-hybridized carbons (Fsp3) is 0.692. The molecule has 1 heterocycles. The zero-order valence-electron chi connectivity index (χ0n) is 21.8. The van der Waals surface area contributed by atoms with Gasteiger partial charge in [-0.2, -0.15) is 0 Å². The van der Waals surface area contributed by atoms with Crippen molar-refractivity contribution in [1.82, 2.24) is 18.8 Å². The van der Waals surface area contributed by atoms with E-state index in [9.17, 15) is 19.2 Å². The van der Waals surface area contributed by atoms with Crippen molar-refractivity contribution in [2.75, 3.05) is 6.54 Å². The molecule has 1 atom stereocenters. The van der Waals surface area contributed by atoms with E-state index in [0.717, 1.165) is 83.5 Å². The van der Waals surface area contributed by atoms with Crippen molar-refractivity contribution in [3.63, 3.8) is 0 Å². The minimum absolute atomic E-state index is 0.272. The lowest BCUT2D eigenvalue weighted by atomic mass is 10.1. The maximum Gasteiger partial charge on any atom is 0.336 e. The number of aromatic nitrogens is 3. The van der Waals surface area contributed by atoms with Crippen LogP contribution in [0.4, 0.5) is 0 Å². The minimum atomic E-state index is -0.512. The molecule has 1 aromatic heterocycles. The maximum absolute atomic E-state index is 13.1. The summed E-state index contributed by atoms with van der Waals surface area (Å²) in [6.45, 7) is 8.85. The average Bonchev–Trinajstić information content (AvgIpc) is 2.88. The molecule has 36 heavy (non-hydrogen) atoms. The normalized spacial score (nSPS) is 10.9. The number of amides is 1. The van der Waals surface area contributed by atoms with Gasteiger partial charge in [0, 0.05) is 35.6 Å². The van der Waals surface area contributed by atoms with E-state index in [2.05, 4.69) is 13.2 Å².